The van der Waals surface area contributed by atoms with Gasteiger partial charge in [-0.15, -0.1) is 11.3 Å². The van der Waals surface area contributed by atoms with Crippen LogP contribution in [-0.2, 0) is 16.4 Å². The molecule has 0 aromatic carbocycles. The van der Waals surface area contributed by atoms with Gasteiger partial charge in [-0.1, -0.05) is 0 Å². The average Bonchev–Trinajstić information content (AvgIpc) is 2.96. The molecule has 2 rings (SSSR count). The summed E-state index contributed by atoms with van der Waals surface area (Å²) in [6.45, 7) is 2.63. The lowest BCUT2D eigenvalue weighted by molar-refractivity contribution is 0.0703. The Hall–Kier alpha value is -0.990. The van der Waals surface area contributed by atoms with Gasteiger partial charge in [0.15, 0.2) is 9.84 Å². The summed E-state index contributed by atoms with van der Waals surface area (Å²) in [7, 11) is -3.00. The molecule has 1 aromatic heterocycles. The minimum atomic E-state index is -3.00. The van der Waals surface area contributed by atoms with Crippen LogP contribution in [0.3, 0.4) is 0 Å². The first-order chi connectivity index (χ1) is 8.96. The summed E-state index contributed by atoms with van der Waals surface area (Å²) < 4.78 is 23.0. The number of hydrogen-bond donors (Lipinski definition) is 1. The summed E-state index contributed by atoms with van der Waals surface area (Å²) in [4.78, 5) is 18.1. The number of carbonyl (C=O) groups is 1. The van der Waals surface area contributed by atoms with Gasteiger partial charge in [0.2, 0.25) is 0 Å². The van der Waals surface area contributed by atoms with Crippen molar-refractivity contribution < 1.29 is 13.2 Å². The van der Waals surface area contributed by atoms with Crippen molar-refractivity contribution in [3.8, 4) is 0 Å². The number of nitrogens with zero attached hydrogens (tertiary/aromatic N) is 2. The van der Waals surface area contributed by atoms with Crippen LogP contribution < -0.4 is 5.73 Å². The van der Waals surface area contributed by atoms with E-state index >= 15 is 0 Å². The molecule has 1 amide bonds. The molecule has 0 saturated carbocycles. The highest BCUT2D eigenvalue weighted by atomic mass is 32.2. The predicted molar refractivity (Wildman–Crippen MR) is 73.8 cm³/mol. The monoisotopic (exact) mass is 303 g/mol. The zero-order chi connectivity index (χ0) is 14.0. The maximum Gasteiger partial charge on any atom is 0.273 e. The summed E-state index contributed by atoms with van der Waals surface area (Å²) in [6, 6.07) is -0.231. The van der Waals surface area contributed by atoms with Gasteiger partial charge in [-0.25, -0.2) is 13.4 Å². The molecule has 0 bridgehead atoms. The van der Waals surface area contributed by atoms with Gasteiger partial charge in [0.25, 0.3) is 5.91 Å². The molecule has 1 saturated heterocycles. The van der Waals surface area contributed by atoms with Crippen LogP contribution in [0.2, 0.25) is 0 Å². The van der Waals surface area contributed by atoms with Crippen molar-refractivity contribution in [1.82, 2.24) is 9.88 Å². The Bertz CT molecular complexity index is 567. The smallest absolute Gasteiger partial charge is 0.273 e. The van der Waals surface area contributed by atoms with Crippen LogP contribution in [0.15, 0.2) is 5.38 Å². The highest BCUT2D eigenvalue weighted by Gasteiger charge is 2.34. The SMILES string of the molecule is CCN(C(=O)c1csc(CN)n1)C1CCS(=O)(=O)C1. The van der Waals surface area contributed by atoms with E-state index in [2.05, 4.69) is 4.98 Å². The molecule has 8 heteroatoms. The largest absolute Gasteiger partial charge is 0.334 e. The molecule has 106 valence electrons. The number of rotatable bonds is 4. The van der Waals surface area contributed by atoms with Gasteiger partial charge < -0.3 is 10.6 Å². The third-order valence-corrected chi connectivity index (χ3v) is 5.82. The summed E-state index contributed by atoms with van der Waals surface area (Å²) in [5.41, 5.74) is 5.83. The van der Waals surface area contributed by atoms with Crippen molar-refractivity contribution >= 4 is 27.1 Å². The number of carbonyl (C=O) groups excluding carboxylic acids is 1. The lowest BCUT2D eigenvalue weighted by atomic mass is 10.2. The van der Waals surface area contributed by atoms with Crippen molar-refractivity contribution in [2.45, 2.75) is 25.9 Å². The molecule has 19 heavy (non-hydrogen) atoms. The summed E-state index contributed by atoms with van der Waals surface area (Å²) in [6.07, 6.45) is 0.510. The molecule has 0 spiro atoms. The predicted octanol–water partition coefficient (Wildman–Crippen LogP) is 0.251. The van der Waals surface area contributed by atoms with E-state index in [0.717, 1.165) is 0 Å². The molecule has 1 fully saturated rings. The Morgan fingerprint density at radius 3 is 2.84 bits per heavy atom. The first-order valence-corrected chi connectivity index (χ1v) is 8.82. The lowest BCUT2D eigenvalue weighted by Gasteiger charge is -2.25. The molecule has 2 N–H and O–H groups in total. The van der Waals surface area contributed by atoms with Crippen LogP contribution in [0.25, 0.3) is 0 Å². The molecule has 1 atom stereocenters. The van der Waals surface area contributed by atoms with Gasteiger partial charge in [0.05, 0.1) is 11.5 Å². The van der Waals surface area contributed by atoms with Crippen molar-refractivity contribution in [1.29, 1.82) is 0 Å². The Morgan fingerprint density at radius 2 is 2.37 bits per heavy atom. The second kappa shape index (κ2) is 5.56. The summed E-state index contributed by atoms with van der Waals surface area (Å²) in [5, 5.41) is 2.38. The number of hydrogen-bond acceptors (Lipinski definition) is 6. The molecule has 6 nitrogen and oxygen atoms in total. The standard InChI is InChI=1S/C11H17N3O3S2/c1-2-14(8-3-4-19(16,17)7-8)11(15)9-6-18-10(5-12)13-9/h6,8H,2-5,7,12H2,1H3. The first kappa shape index (κ1) is 14.4. The number of sulfone groups is 1. The Balaban J connectivity index is 2.15. The van der Waals surface area contributed by atoms with Crippen molar-refractivity contribution in [3.63, 3.8) is 0 Å². The molecule has 1 aromatic rings. The Labute approximate surface area is 116 Å². The zero-order valence-electron chi connectivity index (χ0n) is 10.7. The molecule has 1 unspecified atom stereocenters. The van der Waals surface area contributed by atoms with Gasteiger partial charge in [0.1, 0.15) is 10.7 Å². The molecule has 0 aliphatic carbocycles. The third kappa shape index (κ3) is 3.13. The minimum absolute atomic E-state index is 0.0560. The van der Waals surface area contributed by atoms with Crippen LogP contribution in [0.1, 0.15) is 28.8 Å². The van der Waals surface area contributed by atoms with Gasteiger partial charge in [-0.3, -0.25) is 4.79 Å². The van der Waals surface area contributed by atoms with Gasteiger partial charge in [-0.2, -0.15) is 0 Å². The van der Waals surface area contributed by atoms with Gasteiger partial charge in [-0.05, 0) is 13.3 Å². The van der Waals surface area contributed by atoms with Crippen molar-refractivity contribution in [2.24, 2.45) is 5.73 Å². The van der Waals surface area contributed by atoms with Crippen molar-refractivity contribution in [2.75, 3.05) is 18.1 Å². The maximum absolute atomic E-state index is 12.3. The average molecular weight is 303 g/mol. The van der Waals surface area contributed by atoms with E-state index in [0.29, 0.717) is 30.2 Å². The van der Waals surface area contributed by atoms with Crippen LogP contribution in [0.4, 0.5) is 0 Å². The van der Waals surface area contributed by atoms with E-state index in [4.69, 9.17) is 5.73 Å². The van der Waals surface area contributed by atoms with Crippen molar-refractivity contribution in [3.05, 3.63) is 16.1 Å². The Kier molecular flexibility index (Phi) is 4.22. The fraction of sp³-hybridized carbons (Fsp3) is 0.636. The Morgan fingerprint density at radius 1 is 1.63 bits per heavy atom. The van der Waals surface area contributed by atoms with Crippen LogP contribution in [-0.4, -0.2) is 48.3 Å². The molecule has 0 radical (unpaired) electrons. The second-order valence-electron chi connectivity index (χ2n) is 4.48. The molecule has 1 aliphatic rings. The van der Waals surface area contributed by atoms with E-state index in [1.807, 2.05) is 6.92 Å². The summed E-state index contributed by atoms with van der Waals surface area (Å²) >= 11 is 1.35. The fourth-order valence-corrected chi connectivity index (χ4v) is 4.62. The maximum atomic E-state index is 12.3. The van der Waals surface area contributed by atoms with E-state index in [9.17, 15) is 13.2 Å². The third-order valence-electron chi connectivity index (χ3n) is 3.20. The van der Waals surface area contributed by atoms with Crippen LogP contribution in [0, 0.1) is 0 Å². The van der Waals surface area contributed by atoms with E-state index in [1.165, 1.54) is 11.3 Å². The molecular weight excluding hydrogens is 286 g/mol. The zero-order valence-corrected chi connectivity index (χ0v) is 12.3. The molecule has 1 aliphatic heterocycles. The van der Waals surface area contributed by atoms with E-state index in [-0.39, 0.29) is 23.5 Å². The van der Waals surface area contributed by atoms with Crippen LogP contribution in [0.5, 0.6) is 0 Å². The first-order valence-electron chi connectivity index (χ1n) is 6.12. The molecule has 2 heterocycles. The lowest BCUT2D eigenvalue weighted by Crippen LogP contribution is -2.41. The fourth-order valence-electron chi connectivity index (χ4n) is 2.24. The normalized spacial score (nSPS) is 21.5. The van der Waals surface area contributed by atoms with E-state index in [1.54, 1.807) is 10.3 Å². The topological polar surface area (TPSA) is 93.4 Å². The van der Waals surface area contributed by atoms with Gasteiger partial charge >= 0.3 is 0 Å². The quantitative estimate of drug-likeness (QED) is 0.860. The number of thiazole rings is 1. The van der Waals surface area contributed by atoms with Gasteiger partial charge in [0, 0.05) is 24.5 Å². The number of amides is 1. The minimum Gasteiger partial charge on any atom is -0.334 e. The second-order valence-corrected chi connectivity index (χ2v) is 7.65. The number of aromatic nitrogens is 1. The summed E-state index contributed by atoms with van der Waals surface area (Å²) in [5.74, 6) is 0.00748. The van der Waals surface area contributed by atoms with Crippen LogP contribution >= 0.6 is 11.3 Å². The highest BCUT2D eigenvalue weighted by Crippen LogP contribution is 2.20. The van der Waals surface area contributed by atoms with E-state index < -0.39 is 9.84 Å². The number of nitrogens with two attached hydrogens (primary N) is 1. The molecular formula is C11H17N3O3S2. The highest BCUT2D eigenvalue weighted by molar-refractivity contribution is 7.91.